The molecule has 1 amide bonds. The summed E-state index contributed by atoms with van der Waals surface area (Å²) in [7, 11) is 0. The van der Waals surface area contributed by atoms with E-state index < -0.39 is 5.91 Å². The Bertz CT molecular complexity index is 433. The molecule has 92 valence electrons. The van der Waals surface area contributed by atoms with E-state index in [0.29, 0.717) is 11.4 Å². The molecule has 4 N–H and O–H groups in total. The molecule has 1 saturated heterocycles. The van der Waals surface area contributed by atoms with E-state index in [1.807, 2.05) is 6.92 Å². The minimum Gasteiger partial charge on any atom is -0.365 e. The first-order chi connectivity index (χ1) is 8.09. The SMILES string of the molecule is Cc1ccnc(N2CCC[C@@H](N)C2)c1C(N)=O. The number of aryl methyl sites for hydroxylation is 1. The van der Waals surface area contributed by atoms with Gasteiger partial charge in [-0.15, -0.1) is 0 Å². The zero-order valence-electron chi connectivity index (χ0n) is 10.0. The third kappa shape index (κ3) is 2.39. The number of pyridine rings is 1. The number of carbonyl (C=O) groups excluding carboxylic acids is 1. The zero-order chi connectivity index (χ0) is 12.4. The first kappa shape index (κ1) is 11.9. The predicted molar refractivity (Wildman–Crippen MR) is 66.9 cm³/mol. The Labute approximate surface area is 101 Å². The van der Waals surface area contributed by atoms with Gasteiger partial charge in [-0.25, -0.2) is 4.98 Å². The van der Waals surface area contributed by atoms with Gasteiger partial charge < -0.3 is 16.4 Å². The van der Waals surface area contributed by atoms with Gasteiger partial charge in [0.2, 0.25) is 0 Å². The van der Waals surface area contributed by atoms with E-state index in [2.05, 4.69) is 9.88 Å². The molecule has 5 nitrogen and oxygen atoms in total. The highest BCUT2D eigenvalue weighted by molar-refractivity contribution is 5.99. The molecule has 0 bridgehead atoms. The summed E-state index contributed by atoms with van der Waals surface area (Å²) in [5, 5.41) is 0. The fourth-order valence-electron chi connectivity index (χ4n) is 2.29. The van der Waals surface area contributed by atoms with E-state index in [1.54, 1.807) is 12.3 Å². The molecule has 0 spiro atoms. The van der Waals surface area contributed by atoms with Gasteiger partial charge in [0.1, 0.15) is 5.82 Å². The van der Waals surface area contributed by atoms with Crippen molar-refractivity contribution in [2.45, 2.75) is 25.8 Å². The number of piperidine rings is 1. The second kappa shape index (κ2) is 4.71. The maximum absolute atomic E-state index is 11.5. The molecular formula is C12H18N4O. The topological polar surface area (TPSA) is 85.2 Å². The summed E-state index contributed by atoms with van der Waals surface area (Å²) in [6.45, 7) is 3.48. The van der Waals surface area contributed by atoms with Crippen molar-refractivity contribution in [3.05, 3.63) is 23.4 Å². The highest BCUT2D eigenvalue weighted by Crippen LogP contribution is 2.23. The Hall–Kier alpha value is -1.62. The Morgan fingerprint density at radius 1 is 1.59 bits per heavy atom. The zero-order valence-corrected chi connectivity index (χ0v) is 10.0. The number of rotatable bonds is 2. The summed E-state index contributed by atoms with van der Waals surface area (Å²) in [5.41, 5.74) is 12.7. The monoisotopic (exact) mass is 234 g/mol. The molecule has 2 heterocycles. The van der Waals surface area contributed by atoms with Crippen molar-refractivity contribution in [1.29, 1.82) is 0 Å². The predicted octanol–water partition coefficient (Wildman–Crippen LogP) is 0.416. The molecule has 0 radical (unpaired) electrons. The van der Waals surface area contributed by atoms with Crippen molar-refractivity contribution in [3.63, 3.8) is 0 Å². The molecule has 2 rings (SSSR count). The number of carbonyl (C=O) groups is 1. The lowest BCUT2D eigenvalue weighted by atomic mass is 10.0. The molecule has 0 aliphatic carbocycles. The number of hydrogen-bond donors (Lipinski definition) is 2. The van der Waals surface area contributed by atoms with Crippen LogP contribution in [0.2, 0.25) is 0 Å². The second-order valence-corrected chi connectivity index (χ2v) is 4.54. The maximum atomic E-state index is 11.5. The average Bonchev–Trinajstić information content (AvgIpc) is 2.28. The highest BCUT2D eigenvalue weighted by atomic mass is 16.1. The number of hydrogen-bond acceptors (Lipinski definition) is 4. The van der Waals surface area contributed by atoms with E-state index in [9.17, 15) is 4.79 Å². The number of nitrogens with zero attached hydrogens (tertiary/aromatic N) is 2. The van der Waals surface area contributed by atoms with Crippen LogP contribution in [-0.2, 0) is 0 Å². The lowest BCUT2D eigenvalue weighted by Crippen LogP contribution is -2.44. The fraction of sp³-hybridized carbons (Fsp3) is 0.500. The molecule has 1 aliphatic rings. The first-order valence-corrected chi connectivity index (χ1v) is 5.85. The largest absolute Gasteiger partial charge is 0.365 e. The summed E-state index contributed by atoms with van der Waals surface area (Å²) in [6.07, 6.45) is 3.75. The summed E-state index contributed by atoms with van der Waals surface area (Å²) < 4.78 is 0. The van der Waals surface area contributed by atoms with Gasteiger partial charge in [-0.2, -0.15) is 0 Å². The Morgan fingerprint density at radius 3 is 3.00 bits per heavy atom. The lowest BCUT2D eigenvalue weighted by molar-refractivity contribution is 0.1000. The summed E-state index contributed by atoms with van der Waals surface area (Å²) in [6, 6.07) is 1.94. The van der Waals surface area contributed by atoms with Crippen molar-refractivity contribution in [3.8, 4) is 0 Å². The number of amides is 1. The van der Waals surface area contributed by atoms with Crippen molar-refractivity contribution in [2.75, 3.05) is 18.0 Å². The highest BCUT2D eigenvalue weighted by Gasteiger charge is 2.22. The number of aromatic nitrogens is 1. The first-order valence-electron chi connectivity index (χ1n) is 5.85. The molecule has 1 aromatic rings. The van der Waals surface area contributed by atoms with Gasteiger partial charge in [0.05, 0.1) is 5.56 Å². The van der Waals surface area contributed by atoms with E-state index in [-0.39, 0.29) is 6.04 Å². The van der Waals surface area contributed by atoms with E-state index in [0.717, 1.165) is 31.5 Å². The van der Waals surface area contributed by atoms with Crippen molar-refractivity contribution in [1.82, 2.24) is 4.98 Å². The van der Waals surface area contributed by atoms with Gasteiger partial charge >= 0.3 is 0 Å². The minimum absolute atomic E-state index is 0.145. The summed E-state index contributed by atoms with van der Waals surface area (Å²) in [5.74, 6) is 0.248. The fourth-order valence-corrected chi connectivity index (χ4v) is 2.29. The Kier molecular flexibility index (Phi) is 3.28. The smallest absolute Gasteiger partial charge is 0.252 e. The van der Waals surface area contributed by atoms with Gasteiger partial charge in [-0.3, -0.25) is 4.79 Å². The lowest BCUT2D eigenvalue weighted by Gasteiger charge is -2.32. The second-order valence-electron chi connectivity index (χ2n) is 4.54. The van der Waals surface area contributed by atoms with Crippen LogP contribution in [-0.4, -0.2) is 30.0 Å². The molecule has 0 saturated carbocycles. The minimum atomic E-state index is -0.426. The van der Waals surface area contributed by atoms with Crippen molar-refractivity contribution in [2.24, 2.45) is 11.5 Å². The van der Waals surface area contributed by atoms with E-state index >= 15 is 0 Å². The number of primary amides is 1. The standard InChI is InChI=1S/C12H18N4O/c1-8-4-5-15-12(10(8)11(14)17)16-6-2-3-9(13)7-16/h4-5,9H,2-3,6-7,13H2,1H3,(H2,14,17)/t9-/m1/s1. The molecule has 0 unspecified atom stereocenters. The van der Waals surface area contributed by atoms with Gasteiger partial charge in [0.15, 0.2) is 0 Å². The molecule has 5 heteroatoms. The van der Waals surface area contributed by atoms with Gasteiger partial charge in [0, 0.05) is 25.3 Å². The van der Waals surface area contributed by atoms with Crippen LogP contribution in [0, 0.1) is 6.92 Å². The molecule has 0 aromatic carbocycles. The van der Waals surface area contributed by atoms with Crippen LogP contribution >= 0.6 is 0 Å². The normalized spacial score (nSPS) is 20.4. The van der Waals surface area contributed by atoms with Crippen LogP contribution in [0.25, 0.3) is 0 Å². The van der Waals surface area contributed by atoms with E-state index in [4.69, 9.17) is 11.5 Å². The van der Waals surface area contributed by atoms with Crippen molar-refractivity contribution >= 4 is 11.7 Å². The van der Waals surface area contributed by atoms with Crippen LogP contribution in [0.5, 0.6) is 0 Å². The Morgan fingerprint density at radius 2 is 2.35 bits per heavy atom. The third-order valence-corrected chi connectivity index (χ3v) is 3.14. The Balaban J connectivity index is 2.37. The molecule has 1 aromatic heterocycles. The van der Waals surface area contributed by atoms with Gasteiger partial charge in [-0.1, -0.05) is 0 Å². The molecular weight excluding hydrogens is 216 g/mol. The van der Waals surface area contributed by atoms with Crippen molar-refractivity contribution < 1.29 is 4.79 Å². The van der Waals surface area contributed by atoms with E-state index in [1.165, 1.54) is 0 Å². The average molecular weight is 234 g/mol. The van der Waals surface area contributed by atoms with Crippen LogP contribution < -0.4 is 16.4 Å². The number of nitrogens with two attached hydrogens (primary N) is 2. The molecule has 1 fully saturated rings. The van der Waals surface area contributed by atoms with Gasteiger partial charge in [0.25, 0.3) is 5.91 Å². The van der Waals surface area contributed by atoms with Crippen LogP contribution in [0.4, 0.5) is 5.82 Å². The summed E-state index contributed by atoms with van der Waals surface area (Å²) >= 11 is 0. The molecule has 1 aliphatic heterocycles. The third-order valence-electron chi connectivity index (χ3n) is 3.14. The number of anilines is 1. The van der Waals surface area contributed by atoms with Gasteiger partial charge in [-0.05, 0) is 31.4 Å². The van der Waals surface area contributed by atoms with Crippen LogP contribution in [0.1, 0.15) is 28.8 Å². The quantitative estimate of drug-likeness (QED) is 0.776. The van der Waals surface area contributed by atoms with Crippen LogP contribution in [0.3, 0.4) is 0 Å². The molecule has 1 atom stereocenters. The maximum Gasteiger partial charge on any atom is 0.252 e. The summed E-state index contributed by atoms with van der Waals surface area (Å²) in [4.78, 5) is 17.8. The molecule has 17 heavy (non-hydrogen) atoms. The van der Waals surface area contributed by atoms with Crippen LogP contribution in [0.15, 0.2) is 12.3 Å².